The molecule has 0 radical (unpaired) electrons. The number of alkyl halides is 3. The van der Waals surface area contributed by atoms with Crippen molar-refractivity contribution in [2.24, 2.45) is 11.7 Å². The summed E-state index contributed by atoms with van der Waals surface area (Å²) in [6.07, 6.45) is -5.08. The molecule has 0 aromatic heterocycles. The number of halogens is 3. The van der Waals surface area contributed by atoms with Crippen LogP contribution in [0, 0.1) is 5.92 Å². The molecule has 0 unspecified atom stereocenters. The van der Waals surface area contributed by atoms with E-state index in [0.29, 0.717) is 18.1 Å². The number of amides is 1. The average molecular weight is 426 g/mol. The first-order valence-corrected chi connectivity index (χ1v) is 9.14. The van der Waals surface area contributed by atoms with E-state index >= 15 is 0 Å². The van der Waals surface area contributed by atoms with Crippen LogP contribution in [0.4, 0.5) is 13.2 Å². The van der Waals surface area contributed by atoms with Crippen molar-refractivity contribution in [3.63, 3.8) is 0 Å². The number of benzene rings is 2. The fourth-order valence-corrected chi connectivity index (χ4v) is 2.23. The zero-order chi connectivity index (χ0) is 22.7. The van der Waals surface area contributed by atoms with E-state index in [9.17, 15) is 18.0 Å². The molecule has 0 fully saturated rings. The van der Waals surface area contributed by atoms with E-state index < -0.39 is 18.1 Å². The lowest BCUT2D eigenvalue weighted by molar-refractivity contribution is -0.192. The van der Waals surface area contributed by atoms with E-state index in [4.69, 9.17) is 20.4 Å². The monoisotopic (exact) mass is 426 g/mol. The summed E-state index contributed by atoms with van der Waals surface area (Å²) in [5.41, 5.74) is 7.82. The highest BCUT2D eigenvalue weighted by atomic mass is 19.4. The summed E-state index contributed by atoms with van der Waals surface area (Å²) >= 11 is 0. The Labute approximate surface area is 172 Å². The molecule has 1 amide bonds. The van der Waals surface area contributed by atoms with Crippen LogP contribution in [0.5, 0.6) is 5.75 Å². The van der Waals surface area contributed by atoms with E-state index in [2.05, 4.69) is 19.2 Å². The molecular formula is C21H25F3N2O4. The van der Waals surface area contributed by atoms with E-state index in [-0.39, 0.29) is 0 Å². The van der Waals surface area contributed by atoms with E-state index in [1.54, 1.807) is 12.1 Å². The van der Waals surface area contributed by atoms with Crippen LogP contribution in [0.3, 0.4) is 0 Å². The number of rotatable bonds is 8. The van der Waals surface area contributed by atoms with Crippen LogP contribution in [0.15, 0.2) is 48.5 Å². The number of hydrogen-bond acceptors (Lipinski definition) is 4. The van der Waals surface area contributed by atoms with Crippen LogP contribution in [-0.2, 0) is 4.79 Å². The van der Waals surface area contributed by atoms with Gasteiger partial charge in [0.1, 0.15) is 12.4 Å². The number of hydrogen-bond donors (Lipinski definition) is 3. The van der Waals surface area contributed by atoms with Crippen LogP contribution in [-0.4, -0.2) is 42.9 Å². The summed E-state index contributed by atoms with van der Waals surface area (Å²) in [5.74, 6) is -1.69. The van der Waals surface area contributed by atoms with Crippen LogP contribution >= 0.6 is 0 Å². The zero-order valence-corrected chi connectivity index (χ0v) is 16.7. The first-order chi connectivity index (χ1) is 14.0. The first kappa shape index (κ1) is 25.0. The van der Waals surface area contributed by atoms with Gasteiger partial charge in [0.2, 0.25) is 5.91 Å². The maximum absolute atomic E-state index is 11.2. The minimum Gasteiger partial charge on any atom is -0.492 e. The van der Waals surface area contributed by atoms with Gasteiger partial charge in [0.25, 0.3) is 0 Å². The van der Waals surface area contributed by atoms with Crippen molar-refractivity contribution < 1.29 is 32.6 Å². The van der Waals surface area contributed by atoms with Gasteiger partial charge in [-0.15, -0.1) is 0 Å². The molecular weight excluding hydrogens is 401 g/mol. The Balaban J connectivity index is 0.000000553. The van der Waals surface area contributed by atoms with Crippen molar-refractivity contribution in [2.75, 3.05) is 19.7 Å². The smallest absolute Gasteiger partial charge is 0.490 e. The Hall–Kier alpha value is -3.07. The predicted molar refractivity (Wildman–Crippen MR) is 107 cm³/mol. The van der Waals surface area contributed by atoms with Gasteiger partial charge in [-0.05, 0) is 47.9 Å². The highest BCUT2D eigenvalue weighted by molar-refractivity contribution is 5.94. The third-order valence-corrected chi connectivity index (χ3v) is 3.68. The van der Waals surface area contributed by atoms with Crippen molar-refractivity contribution in [3.8, 4) is 16.9 Å². The van der Waals surface area contributed by atoms with Gasteiger partial charge in [0.15, 0.2) is 0 Å². The van der Waals surface area contributed by atoms with E-state index in [1.165, 1.54) is 0 Å². The average Bonchev–Trinajstić information content (AvgIpc) is 2.68. The van der Waals surface area contributed by atoms with Crippen molar-refractivity contribution in [3.05, 3.63) is 54.1 Å². The zero-order valence-electron chi connectivity index (χ0n) is 16.7. The SMILES string of the molecule is CC(C)CNCCOc1ccc(-c2cccc(C(N)=O)c2)cc1.O=C(O)C(F)(F)F. The molecule has 9 heteroatoms. The normalized spacial score (nSPS) is 10.9. The minimum absolute atomic E-state index is 0.416. The molecule has 0 aliphatic rings. The number of carbonyl (C=O) groups excluding carboxylic acids is 1. The number of nitrogens with one attached hydrogen (secondary N) is 1. The number of ether oxygens (including phenoxy) is 1. The van der Waals surface area contributed by atoms with Crippen molar-refractivity contribution in [2.45, 2.75) is 20.0 Å². The molecule has 2 aromatic carbocycles. The number of carboxylic acids is 1. The molecule has 0 saturated carbocycles. The summed E-state index contributed by atoms with van der Waals surface area (Å²) in [4.78, 5) is 20.1. The number of aliphatic carboxylic acids is 1. The summed E-state index contributed by atoms with van der Waals surface area (Å²) < 4.78 is 37.4. The molecule has 2 rings (SSSR count). The molecule has 0 saturated heterocycles. The molecule has 4 N–H and O–H groups in total. The summed E-state index contributed by atoms with van der Waals surface area (Å²) in [5, 5.41) is 10.5. The first-order valence-electron chi connectivity index (χ1n) is 9.14. The van der Waals surface area contributed by atoms with Crippen molar-refractivity contribution >= 4 is 11.9 Å². The molecule has 2 aromatic rings. The number of nitrogens with two attached hydrogens (primary N) is 1. The third-order valence-electron chi connectivity index (χ3n) is 3.68. The Morgan fingerprint density at radius 2 is 1.70 bits per heavy atom. The van der Waals surface area contributed by atoms with Gasteiger partial charge in [-0.2, -0.15) is 13.2 Å². The van der Waals surface area contributed by atoms with Crippen LogP contribution in [0.25, 0.3) is 11.1 Å². The Kier molecular flexibility index (Phi) is 9.83. The fourth-order valence-electron chi connectivity index (χ4n) is 2.23. The number of primary amides is 1. The van der Waals surface area contributed by atoms with Crippen LogP contribution in [0.2, 0.25) is 0 Å². The lowest BCUT2D eigenvalue weighted by Crippen LogP contribution is -2.24. The molecule has 0 aliphatic heterocycles. The molecule has 30 heavy (non-hydrogen) atoms. The highest BCUT2D eigenvalue weighted by Crippen LogP contribution is 2.23. The quantitative estimate of drug-likeness (QED) is 0.559. The van der Waals surface area contributed by atoms with Gasteiger partial charge < -0.3 is 20.9 Å². The van der Waals surface area contributed by atoms with Gasteiger partial charge in [-0.1, -0.05) is 38.1 Å². The van der Waals surface area contributed by atoms with Gasteiger partial charge in [0, 0.05) is 12.1 Å². The highest BCUT2D eigenvalue weighted by Gasteiger charge is 2.38. The van der Waals surface area contributed by atoms with E-state index in [0.717, 1.165) is 30.0 Å². The number of carbonyl (C=O) groups is 2. The maximum Gasteiger partial charge on any atom is 0.490 e. The summed E-state index contributed by atoms with van der Waals surface area (Å²) in [7, 11) is 0. The number of carboxylic acid groups (broad SMARTS) is 1. The second-order valence-electron chi connectivity index (χ2n) is 6.72. The maximum atomic E-state index is 11.2. The van der Waals surface area contributed by atoms with Gasteiger partial charge in [-0.3, -0.25) is 4.79 Å². The second-order valence-corrected chi connectivity index (χ2v) is 6.72. The van der Waals surface area contributed by atoms with E-state index in [1.807, 2.05) is 36.4 Å². The molecule has 6 nitrogen and oxygen atoms in total. The van der Waals surface area contributed by atoms with Crippen LogP contribution in [0.1, 0.15) is 24.2 Å². The van der Waals surface area contributed by atoms with Crippen molar-refractivity contribution in [1.82, 2.24) is 5.32 Å². The largest absolute Gasteiger partial charge is 0.492 e. The molecule has 0 heterocycles. The Morgan fingerprint density at radius 3 is 2.20 bits per heavy atom. The van der Waals surface area contributed by atoms with Crippen LogP contribution < -0.4 is 15.8 Å². The lowest BCUT2D eigenvalue weighted by Gasteiger charge is -2.10. The summed E-state index contributed by atoms with van der Waals surface area (Å²) in [6.45, 7) is 6.84. The molecule has 0 aliphatic carbocycles. The van der Waals surface area contributed by atoms with Gasteiger partial charge in [-0.25, -0.2) is 4.79 Å². The standard InChI is InChI=1S/C19H24N2O2.C2HF3O2/c1-14(2)13-21-10-11-23-18-8-6-15(7-9-18)16-4-3-5-17(12-16)19(20)22;3-2(4,5)1(6)7/h3-9,12,14,21H,10-11,13H2,1-2H3,(H2,20,22);(H,6,7). The van der Waals surface area contributed by atoms with Gasteiger partial charge in [0.05, 0.1) is 0 Å². The summed E-state index contributed by atoms with van der Waals surface area (Å²) in [6, 6.07) is 15.2. The molecule has 0 bridgehead atoms. The predicted octanol–water partition coefficient (Wildman–Crippen LogP) is 3.71. The molecule has 0 atom stereocenters. The Morgan fingerprint density at radius 1 is 1.10 bits per heavy atom. The molecule has 164 valence electrons. The molecule has 0 spiro atoms. The Bertz CT molecular complexity index is 822. The fraction of sp³-hybridized carbons (Fsp3) is 0.333. The lowest BCUT2D eigenvalue weighted by atomic mass is 10.0. The van der Waals surface area contributed by atoms with Crippen molar-refractivity contribution in [1.29, 1.82) is 0 Å². The third kappa shape index (κ3) is 9.42. The van der Waals surface area contributed by atoms with Gasteiger partial charge >= 0.3 is 12.1 Å². The second kappa shape index (κ2) is 11.8. The topological polar surface area (TPSA) is 102 Å². The minimum atomic E-state index is -5.08.